The van der Waals surface area contributed by atoms with E-state index in [2.05, 4.69) is 16.9 Å². The molecule has 3 aromatic rings. The molecule has 0 aliphatic heterocycles. The van der Waals surface area contributed by atoms with E-state index in [0.29, 0.717) is 30.5 Å². The third kappa shape index (κ3) is 9.17. The van der Waals surface area contributed by atoms with Gasteiger partial charge < -0.3 is 18.9 Å². The van der Waals surface area contributed by atoms with Crippen LogP contribution < -0.4 is 9.47 Å². The topological polar surface area (TPSA) is 79.8 Å². The highest BCUT2D eigenvalue weighted by Gasteiger charge is 2.18. The number of rotatable bonds is 15. The molecule has 0 saturated heterocycles. The van der Waals surface area contributed by atoms with Crippen molar-refractivity contribution in [2.24, 2.45) is 0 Å². The largest absolute Gasteiger partial charge is 0.490 e. The molecule has 7 nitrogen and oxygen atoms in total. The number of aromatic nitrogens is 2. The lowest BCUT2D eigenvalue weighted by Crippen LogP contribution is -2.30. The van der Waals surface area contributed by atoms with Gasteiger partial charge in [-0.3, -0.25) is 0 Å². The quantitative estimate of drug-likeness (QED) is 0.172. The maximum absolute atomic E-state index is 12.0. The summed E-state index contributed by atoms with van der Waals surface area (Å²) in [6.07, 6.45) is 6.72. The first-order valence-electron chi connectivity index (χ1n) is 13.1. The summed E-state index contributed by atoms with van der Waals surface area (Å²) < 4.78 is 22.3. The molecule has 3 rings (SSSR count). The van der Waals surface area contributed by atoms with Gasteiger partial charge in [0.25, 0.3) is 0 Å². The summed E-state index contributed by atoms with van der Waals surface area (Å²) >= 11 is 0. The third-order valence-electron chi connectivity index (χ3n) is 5.68. The van der Waals surface area contributed by atoms with Crippen molar-refractivity contribution in [2.45, 2.75) is 65.6 Å². The zero-order chi connectivity index (χ0) is 26.5. The van der Waals surface area contributed by atoms with E-state index in [9.17, 15) is 4.79 Å². The monoisotopic (exact) mass is 506 g/mol. The van der Waals surface area contributed by atoms with Crippen LogP contribution in [0.5, 0.6) is 11.5 Å². The number of benzene rings is 2. The van der Waals surface area contributed by atoms with Crippen molar-refractivity contribution in [3.63, 3.8) is 0 Å². The second-order valence-electron chi connectivity index (χ2n) is 8.97. The molecule has 0 bridgehead atoms. The van der Waals surface area contributed by atoms with E-state index < -0.39 is 6.10 Å². The molecule has 1 aromatic heterocycles. The first-order valence-corrected chi connectivity index (χ1v) is 13.1. The van der Waals surface area contributed by atoms with E-state index >= 15 is 0 Å². The molecule has 7 heteroatoms. The van der Waals surface area contributed by atoms with Gasteiger partial charge in [-0.2, -0.15) is 0 Å². The van der Waals surface area contributed by atoms with Gasteiger partial charge in [0.05, 0.1) is 19.0 Å². The Morgan fingerprint density at radius 3 is 2.00 bits per heavy atom. The molecule has 0 N–H and O–H groups in total. The highest BCUT2D eigenvalue weighted by atomic mass is 16.6. The molecule has 198 valence electrons. The summed E-state index contributed by atoms with van der Waals surface area (Å²) in [6, 6.07) is 15.9. The van der Waals surface area contributed by atoms with Crippen LogP contribution in [0.15, 0.2) is 60.9 Å². The van der Waals surface area contributed by atoms with Gasteiger partial charge in [0.1, 0.15) is 18.5 Å². The molecule has 2 atom stereocenters. The number of unbranched alkanes of at least 4 members (excludes halogenated alkanes) is 2. The summed E-state index contributed by atoms with van der Waals surface area (Å²) in [5, 5.41) is 0. The minimum absolute atomic E-state index is 0.267. The smallest absolute Gasteiger partial charge is 0.335 e. The molecule has 0 aliphatic rings. The number of hydrogen-bond donors (Lipinski definition) is 0. The Balaban J connectivity index is 1.49. The summed E-state index contributed by atoms with van der Waals surface area (Å²) in [6.45, 7) is 9.16. The number of carbonyl (C=O) groups is 1. The zero-order valence-electron chi connectivity index (χ0n) is 22.3. The van der Waals surface area contributed by atoms with Gasteiger partial charge >= 0.3 is 5.97 Å². The summed E-state index contributed by atoms with van der Waals surface area (Å²) in [5.41, 5.74) is 3.09. The van der Waals surface area contributed by atoms with Crippen LogP contribution in [0, 0.1) is 0 Å². The van der Waals surface area contributed by atoms with Gasteiger partial charge in [-0.15, -0.1) is 0 Å². The standard InChI is InChI=1S/C30H38N2O5/c1-5-7-8-18-35-28-19-31-29(32-20-28)26-11-9-24(10-12-26)25-13-15-27(16-14-25)36-21-22(3)37-30(33)23(4)34-17-6-2/h9-16,19-20,22-23H,5-8,17-18,21H2,1-4H3/t22-,23?/m0/s1. The Hall–Kier alpha value is -3.45. The second-order valence-corrected chi connectivity index (χ2v) is 8.97. The number of ether oxygens (including phenoxy) is 4. The van der Waals surface area contributed by atoms with Crippen LogP contribution in [-0.2, 0) is 14.3 Å². The SMILES string of the molecule is CCCCCOc1cnc(-c2ccc(-c3ccc(OC[C@H](C)OC(=O)C(C)OCCC)cc3)cc2)nc1. The van der Waals surface area contributed by atoms with Crippen LogP contribution in [0.1, 0.15) is 53.4 Å². The maximum Gasteiger partial charge on any atom is 0.335 e. The summed E-state index contributed by atoms with van der Waals surface area (Å²) in [7, 11) is 0. The Morgan fingerprint density at radius 1 is 0.757 bits per heavy atom. The lowest BCUT2D eigenvalue weighted by molar-refractivity contribution is -0.162. The molecule has 0 aliphatic carbocycles. The molecule has 0 spiro atoms. The fraction of sp³-hybridized carbons (Fsp3) is 0.433. The van der Waals surface area contributed by atoms with E-state index in [1.165, 1.54) is 6.42 Å². The maximum atomic E-state index is 12.0. The van der Waals surface area contributed by atoms with Gasteiger partial charge in [-0.05, 0) is 49.9 Å². The summed E-state index contributed by atoms with van der Waals surface area (Å²) in [5.74, 6) is 1.70. The van der Waals surface area contributed by atoms with E-state index in [4.69, 9.17) is 18.9 Å². The van der Waals surface area contributed by atoms with Crippen molar-refractivity contribution in [2.75, 3.05) is 19.8 Å². The van der Waals surface area contributed by atoms with Crippen molar-refractivity contribution >= 4 is 5.97 Å². The molecule has 1 unspecified atom stereocenters. The molecule has 0 saturated carbocycles. The van der Waals surface area contributed by atoms with E-state index in [1.54, 1.807) is 26.2 Å². The lowest BCUT2D eigenvalue weighted by atomic mass is 10.0. The van der Waals surface area contributed by atoms with E-state index in [0.717, 1.165) is 36.0 Å². The Kier molecular flexibility index (Phi) is 11.4. The van der Waals surface area contributed by atoms with Gasteiger partial charge in [-0.25, -0.2) is 14.8 Å². The van der Waals surface area contributed by atoms with Crippen LogP contribution in [0.25, 0.3) is 22.5 Å². The predicted molar refractivity (Wildman–Crippen MR) is 145 cm³/mol. The van der Waals surface area contributed by atoms with E-state index in [1.807, 2.05) is 55.5 Å². The minimum atomic E-state index is -0.576. The fourth-order valence-electron chi connectivity index (χ4n) is 3.54. The molecular weight excluding hydrogens is 468 g/mol. The second kappa shape index (κ2) is 15.0. The lowest BCUT2D eigenvalue weighted by Gasteiger charge is -2.17. The van der Waals surface area contributed by atoms with Crippen molar-refractivity contribution in [1.82, 2.24) is 9.97 Å². The molecular formula is C30H38N2O5. The van der Waals surface area contributed by atoms with E-state index in [-0.39, 0.29) is 18.7 Å². The molecule has 37 heavy (non-hydrogen) atoms. The normalized spacial score (nSPS) is 12.5. The Morgan fingerprint density at radius 2 is 1.38 bits per heavy atom. The Bertz CT molecular complexity index is 1070. The fourth-order valence-corrected chi connectivity index (χ4v) is 3.54. The van der Waals surface area contributed by atoms with Gasteiger partial charge in [0.15, 0.2) is 17.7 Å². The average Bonchev–Trinajstić information content (AvgIpc) is 2.93. The number of esters is 1. The summed E-state index contributed by atoms with van der Waals surface area (Å²) in [4.78, 5) is 20.9. The van der Waals surface area contributed by atoms with Gasteiger partial charge in [0, 0.05) is 12.2 Å². The number of nitrogens with zero attached hydrogens (tertiary/aromatic N) is 2. The first kappa shape index (κ1) is 28.1. The first-order chi connectivity index (χ1) is 18.0. The van der Waals surface area contributed by atoms with Crippen LogP contribution in [0.2, 0.25) is 0 Å². The van der Waals surface area contributed by atoms with Crippen molar-refractivity contribution < 1.29 is 23.7 Å². The van der Waals surface area contributed by atoms with Crippen LogP contribution in [0.4, 0.5) is 0 Å². The zero-order valence-corrected chi connectivity index (χ0v) is 22.3. The van der Waals surface area contributed by atoms with Crippen molar-refractivity contribution in [3.8, 4) is 34.0 Å². The highest BCUT2D eigenvalue weighted by molar-refractivity contribution is 5.74. The minimum Gasteiger partial charge on any atom is -0.490 e. The van der Waals surface area contributed by atoms with Crippen LogP contribution in [-0.4, -0.2) is 48.0 Å². The highest BCUT2D eigenvalue weighted by Crippen LogP contribution is 2.25. The molecule has 0 fully saturated rings. The molecule has 0 amide bonds. The van der Waals surface area contributed by atoms with Gasteiger partial charge in [-0.1, -0.05) is 63.1 Å². The van der Waals surface area contributed by atoms with Crippen LogP contribution in [0.3, 0.4) is 0 Å². The average molecular weight is 507 g/mol. The Labute approximate surface area is 220 Å². The third-order valence-corrected chi connectivity index (χ3v) is 5.68. The molecule has 0 radical (unpaired) electrons. The predicted octanol–water partition coefficient (Wildman–Crippen LogP) is 6.51. The molecule has 2 aromatic carbocycles. The van der Waals surface area contributed by atoms with Crippen LogP contribution >= 0.6 is 0 Å². The van der Waals surface area contributed by atoms with Crippen molar-refractivity contribution in [3.05, 3.63) is 60.9 Å². The number of hydrogen-bond acceptors (Lipinski definition) is 7. The van der Waals surface area contributed by atoms with Gasteiger partial charge in [0.2, 0.25) is 0 Å². The molecule has 1 heterocycles. The number of carbonyl (C=O) groups excluding carboxylic acids is 1. The van der Waals surface area contributed by atoms with Crippen molar-refractivity contribution in [1.29, 1.82) is 0 Å².